The Morgan fingerprint density at radius 3 is 2.52 bits per heavy atom. The van der Waals surface area contributed by atoms with E-state index in [4.69, 9.17) is 16.3 Å². The van der Waals surface area contributed by atoms with Crippen LogP contribution in [-0.2, 0) is 9.53 Å². The van der Waals surface area contributed by atoms with Crippen LogP contribution in [0.2, 0.25) is 5.02 Å². The summed E-state index contributed by atoms with van der Waals surface area (Å²) >= 11 is 5.89. The molecule has 2 aromatic rings. The zero-order chi connectivity index (χ0) is 19.8. The van der Waals surface area contributed by atoms with E-state index in [1.54, 1.807) is 6.08 Å². The van der Waals surface area contributed by atoms with Crippen molar-refractivity contribution in [2.45, 2.75) is 12.5 Å². The second kappa shape index (κ2) is 9.73. The number of esters is 1. The van der Waals surface area contributed by atoms with Gasteiger partial charge in [-0.1, -0.05) is 42.0 Å². The number of anilines is 1. The molecule has 5 nitrogen and oxygen atoms in total. The van der Waals surface area contributed by atoms with E-state index in [-0.39, 0.29) is 17.0 Å². The Bertz CT molecular complexity index is 817. The van der Waals surface area contributed by atoms with Crippen molar-refractivity contribution in [2.75, 3.05) is 19.5 Å². The number of rotatable bonds is 7. The summed E-state index contributed by atoms with van der Waals surface area (Å²) in [7, 11) is 3.05. The Kier molecular flexibility index (Phi) is 7.37. The Morgan fingerprint density at radius 2 is 1.93 bits per heavy atom. The standard InChI is InChI=1S/C20H20ClFN2O3/c1-23-14-11-9-13(10-12-14)5-3-8-17(20(26)27-2)24-19(25)18-15(21)6-4-7-16(18)22/h3-7,9-12,17,23H,8H2,1-2H3,(H,24,25)/b5-3+. The summed E-state index contributed by atoms with van der Waals surface area (Å²) in [6.45, 7) is 0. The lowest BCUT2D eigenvalue weighted by molar-refractivity contribution is -0.142. The number of halogens is 2. The summed E-state index contributed by atoms with van der Waals surface area (Å²) in [5.74, 6) is -2.17. The van der Waals surface area contributed by atoms with E-state index in [2.05, 4.69) is 10.6 Å². The van der Waals surface area contributed by atoms with Gasteiger partial charge in [0.15, 0.2) is 0 Å². The van der Waals surface area contributed by atoms with Gasteiger partial charge in [0.25, 0.3) is 5.91 Å². The van der Waals surface area contributed by atoms with Crippen LogP contribution in [0.1, 0.15) is 22.3 Å². The molecule has 0 aromatic heterocycles. The van der Waals surface area contributed by atoms with Crippen LogP contribution < -0.4 is 10.6 Å². The Hall–Kier alpha value is -2.86. The highest BCUT2D eigenvalue weighted by atomic mass is 35.5. The van der Waals surface area contributed by atoms with Crippen molar-refractivity contribution < 1.29 is 18.7 Å². The van der Waals surface area contributed by atoms with Gasteiger partial charge in [0, 0.05) is 12.7 Å². The van der Waals surface area contributed by atoms with E-state index in [1.165, 1.54) is 19.2 Å². The summed E-state index contributed by atoms with van der Waals surface area (Å²) in [5, 5.41) is 5.46. The summed E-state index contributed by atoms with van der Waals surface area (Å²) in [4.78, 5) is 24.3. The van der Waals surface area contributed by atoms with Gasteiger partial charge in [0.2, 0.25) is 0 Å². The summed E-state index contributed by atoms with van der Waals surface area (Å²) in [5.41, 5.74) is 1.61. The lowest BCUT2D eigenvalue weighted by Gasteiger charge is -2.15. The number of benzene rings is 2. The maximum atomic E-state index is 13.9. The number of hydrogen-bond acceptors (Lipinski definition) is 4. The molecule has 0 saturated heterocycles. The van der Waals surface area contributed by atoms with Crippen LogP contribution >= 0.6 is 11.6 Å². The fourth-order valence-corrected chi connectivity index (χ4v) is 2.65. The Morgan fingerprint density at radius 1 is 1.22 bits per heavy atom. The van der Waals surface area contributed by atoms with Gasteiger partial charge in [-0.15, -0.1) is 0 Å². The zero-order valence-corrected chi connectivity index (χ0v) is 15.7. The van der Waals surface area contributed by atoms with Crippen molar-refractivity contribution >= 4 is 35.2 Å². The molecule has 0 heterocycles. The second-order valence-corrected chi connectivity index (χ2v) is 6.06. The first-order valence-corrected chi connectivity index (χ1v) is 8.61. The number of hydrogen-bond donors (Lipinski definition) is 2. The minimum Gasteiger partial charge on any atom is -0.467 e. The average Bonchev–Trinajstić information content (AvgIpc) is 2.67. The largest absolute Gasteiger partial charge is 0.467 e. The molecule has 0 spiro atoms. The van der Waals surface area contributed by atoms with Crippen LogP contribution in [0.25, 0.3) is 6.08 Å². The van der Waals surface area contributed by atoms with E-state index in [0.29, 0.717) is 0 Å². The van der Waals surface area contributed by atoms with Crippen molar-refractivity contribution in [3.63, 3.8) is 0 Å². The monoisotopic (exact) mass is 390 g/mol. The molecular formula is C20H20ClFN2O3. The van der Waals surface area contributed by atoms with Crippen LogP contribution in [0, 0.1) is 5.82 Å². The summed E-state index contributed by atoms with van der Waals surface area (Å²) < 4.78 is 18.6. The third kappa shape index (κ3) is 5.56. The fourth-order valence-electron chi connectivity index (χ4n) is 2.40. The fraction of sp³-hybridized carbons (Fsp3) is 0.200. The first kappa shape index (κ1) is 20.5. The maximum absolute atomic E-state index is 13.9. The molecule has 1 amide bonds. The van der Waals surface area contributed by atoms with Gasteiger partial charge in [-0.25, -0.2) is 9.18 Å². The predicted octanol–water partition coefficient (Wildman–Crippen LogP) is 3.90. The topological polar surface area (TPSA) is 67.4 Å². The van der Waals surface area contributed by atoms with Crippen molar-refractivity contribution in [1.82, 2.24) is 5.32 Å². The minimum absolute atomic E-state index is 0.0312. The first-order valence-electron chi connectivity index (χ1n) is 8.23. The van der Waals surface area contributed by atoms with Gasteiger partial charge < -0.3 is 15.4 Å². The second-order valence-electron chi connectivity index (χ2n) is 5.66. The highest BCUT2D eigenvalue weighted by Gasteiger charge is 2.24. The molecule has 0 aliphatic rings. The number of carbonyl (C=O) groups is 2. The summed E-state index contributed by atoms with van der Waals surface area (Å²) in [6.07, 6.45) is 3.73. The van der Waals surface area contributed by atoms with Crippen LogP contribution in [0.5, 0.6) is 0 Å². The van der Waals surface area contributed by atoms with Gasteiger partial charge in [-0.2, -0.15) is 0 Å². The van der Waals surface area contributed by atoms with Crippen LogP contribution in [0.3, 0.4) is 0 Å². The normalized spacial score (nSPS) is 11.9. The third-order valence-corrected chi connectivity index (χ3v) is 4.18. The number of carbonyl (C=O) groups excluding carboxylic acids is 2. The first-order chi connectivity index (χ1) is 13.0. The van der Waals surface area contributed by atoms with Crippen LogP contribution in [0.15, 0.2) is 48.5 Å². The Balaban J connectivity index is 2.09. The SMILES string of the molecule is CNc1ccc(/C=C/CC(NC(=O)c2c(F)cccc2Cl)C(=O)OC)cc1. The van der Waals surface area contributed by atoms with Gasteiger partial charge in [-0.05, 0) is 36.2 Å². The lowest BCUT2D eigenvalue weighted by atomic mass is 10.1. The van der Waals surface area contributed by atoms with Crippen molar-refractivity contribution in [3.05, 3.63) is 70.5 Å². The minimum atomic E-state index is -0.967. The van der Waals surface area contributed by atoms with Gasteiger partial charge in [0.1, 0.15) is 11.9 Å². The molecule has 0 fully saturated rings. The number of nitrogens with one attached hydrogen (secondary N) is 2. The van der Waals surface area contributed by atoms with Gasteiger partial charge in [-0.3, -0.25) is 4.79 Å². The Labute approximate surface area is 162 Å². The van der Waals surface area contributed by atoms with Crippen LogP contribution in [-0.4, -0.2) is 32.1 Å². The number of methoxy groups -OCH3 is 1. The van der Waals surface area contributed by atoms with E-state index >= 15 is 0 Å². The molecule has 1 atom stereocenters. The molecule has 0 aliphatic carbocycles. The van der Waals surface area contributed by atoms with E-state index in [1.807, 2.05) is 37.4 Å². The quantitative estimate of drug-likeness (QED) is 0.704. The van der Waals surface area contributed by atoms with E-state index < -0.39 is 23.7 Å². The average molecular weight is 391 g/mol. The van der Waals surface area contributed by atoms with E-state index in [0.717, 1.165) is 17.3 Å². The molecule has 0 saturated carbocycles. The van der Waals surface area contributed by atoms with Crippen LogP contribution in [0.4, 0.5) is 10.1 Å². The molecule has 2 aromatic carbocycles. The molecule has 0 radical (unpaired) electrons. The molecule has 0 aliphatic heterocycles. The van der Waals surface area contributed by atoms with Gasteiger partial charge >= 0.3 is 5.97 Å². The van der Waals surface area contributed by atoms with Crippen molar-refractivity contribution in [2.24, 2.45) is 0 Å². The van der Waals surface area contributed by atoms with E-state index in [9.17, 15) is 14.0 Å². The molecule has 142 valence electrons. The molecular weight excluding hydrogens is 371 g/mol. The zero-order valence-electron chi connectivity index (χ0n) is 15.0. The maximum Gasteiger partial charge on any atom is 0.328 e. The highest BCUT2D eigenvalue weighted by molar-refractivity contribution is 6.33. The predicted molar refractivity (Wildman–Crippen MR) is 104 cm³/mol. The smallest absolute Gasteiger partial charge is 0.328 e. The van der Waals surface area contributed by atoms with Gasteiger partial charge in [0.05, 0.1) is 17.7 Å². The summed E-state index contributed by atoms with van der Waals surface area (Å²) in [6, 6.07) is 10.6. The molecule has 27 heavy (non-hydrogen) atoms. The molecule has 7 heteroatoms. The molecule has 0 bridgehead atoms. The van der Waals surface area contributed by atoms with Crippen molar-refractivity contribution in [1.29, 1.82) is 0 Å². The molecule has 2 N–H and O–H groups in total. The highest BCUT2D eigenvalue weighted by Crippen LogP contribution is 2.19. The number of amides is 1. The lowest BCUT2D eigenvalue weighted by Crippen LogP contribution is -2.41. The van der Waals surface area contributed by atoms with Crippen molar-refractivity contribution in [3.8, 4) is 0 Å². The third-order valence-electron chi connectivity index (χ3n) is 3.86. The molecule has 1 unspecified atom stereocenters. The molecule has 2 rings (SSSR count). The number of ether oxygens (including phenoxy) is 1.